The fourth-order valence-corrected chi connectivity index (χ4v) is 4.01. The van der Waals surface area contributed by atoms with Gasteiger partial charge in [0.2, 0.25) is 0 Å². The average molecular weight is 469 g/mol. The molecule has 0 amide bonds. The number of fused-ring (bicyclic) bond motifs is 1. The lowest BCUT2D eigenvalue weighted by Crippen LogP contribution is -2.01. The lowest BCUT2D eigenvalue weighted by Gasteiger charge is -2.11. The summed E-state index contributed by atoms with van der Waals surface area (Å²) >= 11 is 0. The molecule has 35 heavy (non-hydrogen) atoms. The molecule has 5 aromatic rings. The zero-order valence-corrected chi connectivity index (χ0v) is 18.8. The summed E-state index contributed by atoms with van der Waals surface area (Å²) in [5.41, 5.74) is 5.28. The van der Waals surface area contributed by atoms with Gasteiger partial charge in [0.1, 0.15) is 11.6 Å². The highest BCUT2D eigenvalue weighted by molar-refractivity contribution is 5.99. The largest absolute Gasteiger partial charge is 0.348 e. The van der Waals surface area contributed by atoms with Gasteiger partial charge in [0.25, 0.3) is 0 Å². The van der Waals surface area contributed by atoms with E-state index in [4.69, 9.17) is 9.97 Å². The number of aryl methyl sites for hydroxylation is 1. The zero-order chi connectivity index (χ0) is 24.2. The van der Waals surface area contributed by atoms with Crippen molar-refractivity contribution in [2.24, 2.45) is 0 Å². The SMILES string of the molecule is O=C(CCCCc1cnc[nH]1)c1ccc2nc(-c3ccc(F)cc3)c(-c3ccc(F)cc3)nc2c1. The van der Waals surface area contributed by atoms with Gasteiger partial charge >= 0.3 is 0 Å². The van der Waals surface area contributed by atoms with Crippen LogP contribution in [0.4, 0.5) is 8.78 Å². The Bertz CT molecular complexity index is 1460. The number of nitrogens with one attached hydrogen (secondary N) is 1. The van der Waals surface area contributed by atoms with E-state index < -0.39 is 0 Å². The molecule has 2 heterocycles. The standard InChI is InChI=1S/C28H22F2N4O/c29-21-10-5-18(6-11-21)27-28(19-7-12-22(30)13-8-19)34-25-15-20(9-14-24(25)33-27)26(35)4-2-1-3-23-16-31-17-32-23/h5-17H,1-4H2,(H,31,32). The minimum atomic E-state index is -0.355. The first kappa shape index (κ1) is 22.5. The number of benzene rings is 3. The van der Waals surface area contributed by atoms with E-state index in [0.717, 1.165) is 25.0 Å². The van der Waals surface area contributed by atoms with Crippen molar-refractivity contribution in [3.8, 4) is 22.5 Å². The number of aromatic amines is 1. The van der Waals surface area contributed by atoms with Gasteiger partial charge in [-0.05, 0) is 86.0 Å². The Morgan fingerprint density at radius 3 is 2.00 bits per heavy atom. The van der Waals surface area contributed by atoms with E-state index in [0.29, 0.717) is 45.5 Å². The van der Waals surface area contributed by atoms with Crippen molar-refractivity contribution >= 4 is 16.8 Å². The highest BCUT2D eigenvalue weighted by atomic mass is 19.1. The number of carbonyl (C=O) groups is 1. The molecule has 0 saturated heterocycles. The molecule has 0 saturated carbocycles. The highest BCUT2D eigenvalue weighted by Gasteiger charge is 2.15. The molecule has 0 spiro atoms. The van der Waals surface area contributed by atoms with E-state index in [2.05, 4.69) is 9.97 Å². The maximum atomic E-state index is 13.6. The van der Waals surface area contributed by atoms with E-state index in [9.17, 15) is 13.6 Å². The van der Waals surface area contributed by atoms with E-state index in [1.54, 1.807) is 55.0 Å². The number of aromatic nitrogens is 4. The lowest BCUT2D eigenvalue weighted by molar-refractivity contribution is 0.0979. The van der Waals surface area contributed by atoms with Crippen molar-refractivity contribution in [1.29, 1.82) is 0 Å². The van der Waals surface area contributed by atoms with Gasteiger partial charge in [0.05, 0.1) is 28.7 Å². The number of nitrogens with zero attached hydrogens (tertiary/aromatic N) is 3. The number of halogens is 2. The normalized spacial score (nSPS) is 11.1. The zero-order valence-electron chi connectivity index (χ0n) is 18.8. The van der Waals surface area contributed by atoms with Gasteiger partial charge in [-0.25, -0.2) is 23.7 Å². The van der Waals surface area contributed by atoms with Crippen LogP contribution in [0.2, 0.25) is 0 Å². The monoisotopic (exact) mass is 468 g/mol. The second-order valence-electron chi connectivity index (χ2n) is 8.35. The number of unbranched alkanes of at least 4 members (excludes halogenated alkanes) is 1. The maximum absolute atomic E-state index is 13.6. The summed E-state index contributed by atoms with van der Waals surface area (Å²) in [7, 11) is 0. The van der Waals surface area contributed by atoms with Crippen LogP contribution in [0, 0.1) is 11.6 Å². The van der Waals surface area contributed by atoms with Gasteiger partial charge in [-0.15, -0.1) is 0 Å². The Kier molecular flexibility index (Phi) is 6.39. The fourth-order valence-electron chi connectivity index (χ4n) is 4.01. The predicted octanol–water partition coefficient (Wildman–Crippen LogP) is 6.56. The van der Waals surface area contributed by atoms with Gasteiger partial charge < -0.3 is 4.98 Å². The van der Waals surface area contributed by atoms with Crippen molar-refractivity contribution in [2.75, 3.05) is 0 Å². The number of hydrogen-bond acceptors (Lipinski definition) is 4. The van der Waals surface area contributed by atoms with Crippen molar-refractivity contribution < 1.29 is 13.6 Å². The topological polar surface area (TPSA) is 71.5 Å². The molecule has 0 aliphatic heterocycles. The number of Topliss-reactive ketones (excluding diaryl/α,β-unsaturated/α-hetero) is 1. The van der Waals surface area contributed by atoms with Crippen LogP contribution in [-0.4, -0.2) is 25.7 Å². The van der Waals surface area contributed by atoms with Crippen LogP contribution in [0.25, 0.3) is 33.5 Å². The van der Waals surface area contributed by atoms with Crippen molar-refractivity contribution in [2.45, 2.75) is 25.7 Å². The van der Waals surface area contributed by atoms with Crippen LogP contribution in [0.15, 0.2) is 79.3 Å². The molecule has 174 valence electrons. The Labute approximate surface area is 200 Å². The molecular weight excluding hydrogens is 446 g/mol. The molecule has 5 rings (SSSR count). The van der Waals surface area contributed by atoms with Gasteiger partial charge in [-0.1, -0.05) is 0 Å². The summed E-state index contributed by atoms with van der Waals surface area (Å²) in [6.45, 7) is 0. The molecule has 0 aliphatic rings. The number of ketones is 1. The van der Waals surface area contributed by atoms with E-state index in [1.165, 1.54) is 24.3 Å². The van der Waals surface area contributed by atoms with Crippen LogP contribution < -0.4 is 0 Å². The quantitative estimate of drug-likeness (QED) is 0.207. The Hall–Kier alpha value is -4.26. The van der Waals surface area contributed by atoms with E-state index in [-0.39, 0.29) is 17.4 Å². The van der Waals surface area contributed by atoms with Crippen molar-refractivity contribution in [1.82, 2.24) is 19.9 Å². The van der Waals surface area contributed by atoms with Gasteiger partial charge in [0.15, 0.2) is 5.78 Å². The number of H-pyrrole nitrogens is 1. The maximum Gasteiger partial charge on any atom is 0.162 e. The molecule has 0 fully saturated rings. The molecule has 0 radical (unpaired) electrons. The fraction of sp³-hybridized carbons (Fsp3) is 0.143. The minimum absolute atomic E-state index is 0.0456. The Morgan fingerprint density at radius 2 is 1.40 bits per heavy atom. The molecule has 3 aromatic carbocycles. The van der Waals surface area contributed by atoms with Crippen molar-refractivity contribution in [3.05, 3.63) is 102 Å². The summed E-state index contributed by atoms with van der Waals surface area (Å²) in [4.78, 5) is 29.5. The van der Waals surface area contributed by atoms with Crippen LogP contribution in [0.1, 0.15) is 35.3 Å². The summed E-state index contributed by atoms with van der Waals surface area (Å²) in [5, 5.41) is 0. The first-order chi connectivity index (χ1) is 17.1. The van der Waals surface area contributed by atoms with Gasteiger partial charge in [-0.3, -0.25) is 4.79 Å². The Morgan fingerprint density at radius 1 is 0.771 bits per heavy atom. The molecule has 0 atom stereocenters. The summed E-state index contributed by atoms with van der Waals surface area (Å²) in [5.74, 6) is -0.658. The average Bonchev–Trinajstić information content (AvgIpc) is 3.40. The van der Waals surface area contributed by atoms with Crippen molar-refractivity contribution in [3.63, 3.8) is 0 Å². The smallest absolute Gasteiger partial charge is 0.162 e. The predicted molar refractivity (Wildman–Crippen MR) is 131 cm³/mol. The Balaban J connectivity index is 1.45. The summed E-state index contributed by atoms with van der Waals surface area (Å²) < 4.78 is 27.1. The van der Waals surface area contributed by atoms with Gasteiger partial charge in [0, 0.05) is 35.0 Å². The molecule has 5 nitrogen and oxygen atoms in total. The second kappa shape index (κ2) is 9.93. The summed E-state index contributed by atoms with van der Waals surface area (Å²) in [6, 6.07) is 17.3. The lowest BCUT2D eigenvalue weighted by atomic mass is 10.0. The van der Waals surface area contributed by atoms with Crippen LogP contribution >= 0.6 is 0 Å². The molecule has 1 N–H and O–H groups in total. The summed E-state index contributed by atoms with van der Waals surface area (Å²) in [6.07, 6.45) is 6.39. The van der Waals surface area contributed by atoms with E-state index >= 15 is 0 Å². The van der Waals surface area contributed by atoms with Gasteiger partial charge in [-0.2, -0.15) is 0 Å². The third-order valence-electron chi connectivity index (χ3n) is 5.88. The molecule has 0 unspecified atom stereocenters. The molecule has 0 aliphatic carbocycles. The van der Waals surface area contributed by atoms with Crippen LogP contribution in [0.3, 0.4) is 0 Å². The number of hydrogen-bond donors (Lipinski definition) is 1. The third kappa shape index (κ3) is 5.14. The van der Waals surface area contributed by atoms with Crippen LogP contribution in [0.5, 0.6) is 0 Å². The molecule has 7 heteroatoms. The third-order valence-corrected chi connectivity index (χ3v) is 5.88. The highest BCUT2D eigenvalue weighted by Crippen LogP contribution is 2.31. The molecule has 2 aromatic heterocycles. The molecular formula is C28H22F2N4O. The number of rotatable bonds is 8. The van der Waals surface area contributed by atoms with Crippen LogP contribution in [-0.2, 0) is 6.42 Å². The number of carbonyl (C=O) groups excluding carboxylic acids is 1. The number of imidazole rings is 1. The minimum Gasteiger partial charge on any atom is -0.348 e. The first-order valence-corrected chi connectivity index (χ1v) is 11.4. The molecule has 0 bridgehead atoms. The first-order valence-electron chi connectivity index (χ1n) is 11.4. The van der Waals surface area contributed by atoms with E-state index in [1.807, 2.05) is 0 Å². The second-order valence-corrected chi connectivity index (χ2v) is 8.35.